The van der Waals surface area contributed by atoms with Gasteiger partial charge in [-0.25, -0.2) is 8.42 Å². The molecule has 0 saturated carbocycles. The third kappa shape index (κ3) is 4.45. The van der Waals surface area contributed by atoms with Gasteiger partial charge in [0, 0.05) is 19.0 Å². The van der Waals surface area contributed by atoms with Gasteiger partial charge in [0.25, 0.3) is 0 Å². The predicted molar refractivity (Wildman–Crippen MR) is 99.2 cm³/mol. The number of benzene rings is 2. The highest BCUT2D eigenvalue weighted by molar-refractivity contribution is 7.89. The van der Waals surface area contributed by atoms with E-state index < -0.39 is 21.8 Å². The molecule has 2 aromatic rings. The average Bonchev–Trinajstić information content (AvgIpc) is 3.07. The van der Waals surface area contributed by atoms with E-state index in [1.165, 1.54) is 10.4 Å². The molecule has 9 heteroatoms. The standard InChI is InChI=1S/C18H19F3N2O2S.ClH/c19-18(20,21)15-7-4-8-16(9-15)26(24,25)23-11-14(10-22)17(12-23)13-5-2-1-3-6-13;/h1-9,14,17H,10-12,22H2;1H/t14-,17+;/m1./s1. The Labute approximate surface area is 162 Å². The molecule has 2 aromatic carbocycles. The van der Waals surface area contributed by atoms with E-state index in [4.69, 9.17) is 5.73 Å². The third-order valence-electron chi connectivity index (χ3n) is 4.74. The first kappa shape index (κ1) is 21.7. The first-order valence-corrected chi connectivity index (χ1v) is 9.60. The summed E-state index contributed by atoms with van der Waals surface area (Å²) in [5.41, 5.74) is 5.81. The Kier molecular flexibility index (Phi) is 6.57. The fraction of sp³-hybridized carbons (Fsp3) is 0.333. The minimum atomic E-state index is -4.59. The van der Waals surface area contributed by atoms with Crippen molar-refractivity contribution in [2.24, 2.45) is 11.7 Å². The van der Waals surface area contributed by atoms with E-state index in [1.807, 2.05) is 30.3 Å². The quantitative estimate of drug-likeness (QED) is 0.823. The van der Waals surface area contributed by atoms with Gasteiger partial charge in [-0.15, -0.1) is 12.4 Å². The van der Waals surface area contributed by atoms with E-state index in [9.17, 15) is 21.6 Å². The molecule has 1 aliphatic heterocycles. The average molecular weight is 421 g/mol. The van der Waals surface area contributed by atoms with Gasteiger partial charge in [-0.2, -0.15) is 17.5 Å². The predicted octanol–water partition coefficient (Wildman–Crippen LogP) is 3.49. The summed E-state index contributed by atoms with van der Waals surface area (Å²) >= 11 is 0. The molecule has 0 aromatic heterocycles. The third-order valence-corrected chi connectivity index (χ3v) is 6.56. The van der Waals surface area contributed by atoms with Crippen molar-refractivity contribution >= 4 is 22.4 Å². The molecule has 1 fully saturated rings. The number of rotatable bonds is 4. The normalized spacial score (nSPS) is 21.0. The highest BCUT2D eigenvalue weighted by atomic mass is 35.5. The van der Waals surface area contributed by atoms with Gasteiger partial charge < -0.3 is 5.73 Å². The van der Waals surface area contributed by atoms with Crippen LogP contribution in [-0.4, -0.2) is 32.4 Å². The summed E-state index contributed by atoms with van der Waals surface area (Å²) in [7, 11) is -4.03. The van der Waals surface area contributed by atoms with Crippen LogP contribution in [0.4, 0.5) is 13.2 Å². The molecule has 27 heavy (non-hydrogen) atoms. The lowest BCUT2D eigenvalue weighted by molar-refractivity contribution is -0.137. The molecule has 1 aliphatic rings. The lowest BCUT2D eigenvalue weighted by Crippen LogP contribution is -2.30. The molecule has 0 unspecified atom stereocenters. The molecule has 3 rings (SSSR count). The molecular formula is C18H20ClF3N2O2S. The Hall–Kier alpha value is -1.61. The van der Waals surface area contributed by atoms with Gasteiger partial charge in [-0.05, 0) is 36.2 Å². The minimum Gasteiger partial charge on any atom is -0.330 e. The second-order valence-corrected chi connectivity index (χ2v) is 8.30. The van der Waals surface area contributed by atoms with Gasteiger partial charge in [0.05, 0.1) is 10.5 Å². The lowest BCUT2D eigenvalue weighted by Gasteiger charge is -2.18. The van der Waals surface area contributed by atoms with Crippen molar-refractivity contribution in [1.82, 2.24) is 4.31 Å². The van der Waals surface area contributed by atoms with Crippen LogP contribution in [0.15, 0.2) is 59.5 Å². The van der Waals surface area contributed by atoms with Crippen LogP contribution in [0.3, 0.4) is 0 Å². The van der Waals surface area contributed by atoms with Crippen molar-refractivity contribution in [1.29, 1.82) is 0 Å². The number of nitrogens with zero attached hydrogens (tertiary/aromatic N) is 1. The van der Waals surface area contributed by atoms with Crippen LogP contribution in [0.2, 0.25) is 0 Å². The molecule has 4 nitrogen and oxygen atoms in total. The maximum absolute atomic E-state index is 12.9. The summed E-state index contributed by atoms with van der Waals surface area (Å²) in [6.45, 7) is 0.688. The Morgan fingerprint density at radius 1 is 1.04 bits per heavy atom. The van der Waals surface area contributed by atoms with Crippen molar-refractivity contribution < 1.29 is 21.6 Å². The molecule has 0 aliphatic carbocycles. The van der Waals surface area contributed by atoms with Crippen molar-refractivity contribution in [2.45, 2.75) is 17.0 Å². The Balaban J connectivity index is 0.00000261. The number of nitrogens with two attached hydrogens (primary N) is 1. The van der Waals surface area contributed by atoms with Crippen LogP contribution < -0.4 is 5.73 Å². The van der Waals surface area contributed by atoms with Crippen molar-refractivity contribution in [3.63, 3.8) is 0 Å². The smallest absolute Gasteiger partial charge is 0.330 e. The molecule has 0 bridgehead atoms. The van der Waals surface area contributed by atoms with Gasteiger partial charge in [-0.3, -0.25) is 0 Å². The van der Waals surface area contributed by atoms with E-state index in [1.54, 1.807) is 0 Å². The summed E-state index contributed by atoms with van der Waals surface area (Å²) < 4.78 is 65.7. The topological polar surface area (TPSA) is 63.4 Å². The van der Waals surface area contributed by atoms with Gasteiger partial charge >= 0.3 is 6.18 Å². The van der Waals surface area contributed by atoms with E-state index >= 15 is 0 Å². The van der Waals surface area contributed by atoms with Crippen molar-refractivity contribution in [3.8, 4) is 0 Å². The molecule has 0 amide bonds. The first-order valence-electron chi connectivity index (χ1n) is 8.16. The maximum Gasteiger partial charge on any atom is 0.416 e. The van der Waals surface area contributed by atoms with Gasteiger partial charge in [-0.1, -0.05) is 36.4 Å². The molecule has 0 spiro atoms. The van der Waals surface area contributed by atoms with Crippen LogP contribution in [0.5, 0.6) is 0 Å². The zero-order chi connectivity index (χ0) is 18.9. The summed E-state index contributed by atoms with van der Waals surface area (Å²) in [6, 6.07) is 13.3. The zero-order valence-corrected chi connectivity index (χ0v) is 15.9. The van der Waals surface area contributed by atoms with Crippen LogP contribution >= 0.6 is 12.4 Å². The molecular weight excluding hydrogens is 401 g/mol. The fourth-order valence-electron chi connectivity index (χ4n) is 3.33. The lowest BCUT2D eigenvalue weighted by atomic mass is 9.89. The number of hydrogen-bond acceptors (Lipinski definition) is 3. The molecule has 0 radical (unpaired) electrons. The van der Waals surface area contributed by atoms with E-state index in [2.05, 4.69) is 0 Å². The number of halogens is 4. The number of hydrogen-bond donors (Lipinski definition) is 1. The summed E-state index contributed by atoms with van der Waals surface area (Å²) in [5.74, 6) is -0.167. The summed E-state index contributed by atoms with van der Waals surface area (Å²) in [4.78, 5) is -0.350. The van der Waals surface area contributed by atoms with E-state index in [0.29, 0.717) is 12.6 Å². The Bertz CT molecular complexity index is 876. The molecule has 2 atom stereocenters. The van der Waals surface area contributed by atoms with Gasteiger partial charge in [0.2, 0.25) is 10.0 Å². The Morgan fingerprint density at radius 3 is 2.30 bits per heavy atom. The zero-order valence-electron chi connectivity index (χ0n) is 14.3. The minimum absolute atomic E-state index is 0. The highest BCUT2D eigenvalue weighted by Crippen LogP contribution is 2.36. The SMILES string of the molecule is Cl.NC[C@@H]1CN(S(=O)(=O)c2cccc(C(F)(F)F)c2)C[C@H]1c1ccccc1. The highest BCUT2D eigenvalue weighted by Gasteiger charge is 2.40. The second kappa shape index (κ2) is 8.18. The first-order chi connectivity index (χ1) is 12.2. The largest absolute Gasteiger partial charge is 0.416 e. The van der Waals surface area contributed by atoms with Crippen LogP contribution in [0.1, 0.15) is 17.0 Å². The number of sulfonamides is 1. The molecule has 1 heterocycles. The van der Waals surface area contributed by atoms with Gasteiger partial charge in [0.15, 0.2) is 0 Å². The molecule has 2 N–H and O–H groups in total. The van der Waals surface area contributed by atoms with E-state index in [-0.39, 0.29) is 42.2 Å². The van der Waals surface area contributed by atoms with Crippen LogP contribution in [-0.2, 0) is 16.2 Å². The Morgan fingerprint density at radius 2 is 1.70 bits per heavy atom. The van der Waals surface area contributed by atoms with E-state index in [0.717, 1.165) is 17.7 Å². The van der Waals surface area contributed by atoms with Crippen LogP contribution in [0.25, 0.3) is 0 Å². The maximum atomic E-state index is 12.9. The molecule has 148 valence electrons. The monoisotopic (exact) mass is 420 g/mol. The number of alkyl halides is 3. The van der Waals surface area contributed by atoms with Crippen molar-refractivity contribution in [2.75, 3.05) is 19.6 Å². The summed E-state index contributed by atoms with van der Waals surface area (Å²) in [5, 5.41) is 0. The van der Waals surface area contributed by atoms with Gasteiger partial charge in [0.1, 0.15) is 0 Å². The van der Waals surface area contributed by atoms with Crippen LogP contribution in [0, 0.1) is 5.92 Å². The summed E-state index contributed by atoms with van der Waals surface area (Å²) in [6.07, 6.45) is -4.59. The fourth-order valence-corrected chi connectivity index (χ4v) is 4.90. The van der Waals surface area contributed by atoms with Crippen molar-refractivity contribution in [3.05, 3.63) is 65.7 Å². The second-order valence-electron chi connectivity index (χ2n) is 6.36. The molecule has 1 saturated heterocycles.